The molecule has 12 heavy (non-hydrogen) atoms. The Morgan fingerprint density at radius 3 is 3.00 bits per heavy atom. The van der Waals surface area contributed by atoms with Crippen LogP contribution in [0.5, 0.6) is 0 Å². The lowest BCUT2D eigenvalue weighted by molar-refractivity contribution is 0.587. The van der Waals surface area contributed by atoms with E-state index in [9.17, 15) is 8.42 Å². The zero-order valence-electron chi connectivity index (χ0n) is 6.69. The molecule has 0 aliphatic carbocycles. The predicted molar refractivity (Wildman–Crippen MR) is 42.2 cm³/mol. The van der Waals surface area contributed by atoms with Gasteiger partial charge in [-0.05, 0) is 0 Å². The second-order valence-electron chi connectivity index (χ2n) is 2.95. The van der Waals surface area contributed by atoms with E-state index in [2.05, 4.69) is 10.3 Å². The zero-order valence-corrected chi connectivity index (χ0v) is 7.50. The number of aromatic nitrogens is 3. The molecular formula is C6H9N3O2S. The summed E-state index contributed by atoms with van der Waals surface area (Å²) in [5.41, 5.74) is 1.56. The van der Waals surface area contributed by atoms with Crippen molar-refractivity contribution in [3.63, 3.8) is 0 Å². The Morgan fingerprint density at radius 2 is 2.25 bits per heavy atom. The first-order valence-electron chi connectivity index (χ1n) is 3.66. The van der Waals surface area contributed by atoms with Crippen molar-refractivity contribution in [3.05, 3.63) is 11.4 Å². The van der Waals surface area contributed by atoms with Crippen molar-refractivity contribution >= 4 is 9.84 Å². The topological polar surface area (TPSA) is 64.8 Å². The molecule has 66 valence electrons. The van der Waals surface area contributed by atoms with E-state index in [1.54, 1.807) is 7.05 Å². The first-order valence-corrected chi connectivity index (χ1v) is 5.48. The minimum Gasteiger partial charge on any atom is -0.251 e. The van der Waals surface area contributed by atoms with Crippen molar-refractivity contribution < 1.29 is 8.42 Å². The summed E-state index contributed by atoms with van der Waals surface area (Å²) in [5.74, 6) is 0.296. The number of fused-ring (bicyclic) bond motifs is 1. The quantitative estimate of drug-likeness (QED) is 0.538. The van der Waals surface area contributed by atoms with Gasteiger partial charge in [-0.1, -0.05) is 5.21 Å². The Hall–Kier alpha value is -0.910. The first kappa shape index (κ1) is 7.72. The maximum Gasteiger partial charge on any atom is 0.156 e. The molecule has 1 aromatic heterocycles. The average molecular weight is 187 g/mol. The fourth-order valence-electron chi connectivity index (χ4n) is 1.32. The number of nitrogens with zero attached hydrogens (tertiary/aromatic N) is 3. The van der Waals surface area contributed by atoms with Gasteiger partial charge in [0.1, 0.15) is 0 Å². The summed E-state index contributed by atoms with van der Waals surface area (Å²) in [5, 5.41) is 7.64. The third-order valence-electron chi connectivity index (χ3n) is 2.03. The molecule has 5 nitrogen and oxygen atoms in total. The molecular weight excluding hydrogens is 178 g/mol. The summed E-state index contributed by atoms with van der Waals surface area (Å²) in [6.07, 6.45) is 0.505. The third-order valence-corrected chi connectivity index (χ3v) is 3.57. The van der Waals surface area contributed by atoms with Crippen LogP contribution in [0.2, 0.25) is 0 Å². The SMILES string of the molecule is Cn1nnc2c1CS(=O)(=O)CC2. The van der Waals surface area contributed by atoms with Crippen LogP contribution >= 0.6 is 0 Å². The highest BCUT2D eigenvalue weighted by atomic mass is 32.2. The van der Waals surface area contributed by atoms with Crippen LogP contribution in [-0.4, -0.2) is 29.2 Å². The van der Waals surface area contributed by atoms with Gasteiger partial charge in [-0.3, -0.25) is 4.68 Å². The lowest BCUT2D eigenvalue weighted by Crippen LogP contribution is -2.20. The molecule has 0 saturated carbocycles. The van der Waals surface area contributed by atoms with Gasteiger partial charge in [0.2, 0.25) is 0 Å². The van der Waals surface area contributed by atoms with Gasteiger partial charge in [0, 0.05) is 13.5 Å². The molecule has 0 unspecified atom stereocenters. The lowest BCUT2D eigenvalue weighted by Gasteiger charge is -2.10. The van der Waals surface area contributed by atoms with Crippen LogP contribution in [0.15, 0.2) is 0 Å². The molecule has 0 radical (unpaired) electrons. The summed E-state index contributed by atoms with van der Waals surface area (Å²) in [4.78, 5) is 0. The van der Waals surface area contributed by atoms with E-state index in [1.807, 2.05) is 0 Å². The average Bonchev–Trinajstić information content (AvgIpc) is 2.31. The van der Waals surface area contributed by atoms with Gasteiger partial charge < -0.3 is 0 Å². The Morgan fingerprint density at radius 1 is 1.50 bits per heavy atom. The Bertz CT molecular complexity index is 406. The highest BCUT2D eigenvalue weighted by Crippen LogP contribution is 2.16. The molecule has 2 rings (SSSR count). The van der Waals surface area contributed by atoms with Crippen molar-refractivity contribution in [1.29, 1.82) is 0 Å². The molecule has 1 aliphatic heterocycles. The van der Waals surface area contributed by atoms with E-state index < -0.39 is 9.84 Å². The lowest BCUT2D eigenvalue weighted by atomic mass is 10.3. The molecule has 0 aromatic carbocycles. The van der Waals surface area contributed by atoms with Crippen molar-refractivity contribution in [2.75, 3.05) is 5.75 Å². The van der Waals surface area contributed by atoms with Crippen LogP contribution < -0.4 is 0 Å². The van der Waals surface area contributed by atoms with Gasteiger partial charge in [-0.2, -0.15) is 0 Å². The molecule has 0 bridgehead atoms. The molecule has 2 heterocycles. The van der Waals surface area contributed by atoms with Crippen LogP contribution in [0.1, 0.15) is 11.4 Å². The fraction of sp³-hybridized carbons (Fsp3) is 0.667. The van der Waals surface area contributed by atoms with E-state index >= 15 is 0 Å². The molecule has 0 N–H and O–H groups in total. The van der Waals surface area contributed by atoms with E-state index in [0.717, 1.165) is 11.4 Å². The predicted octanol–water partition coefficient (Wildman–Crippen LogP) is -0.714. The first-order chi connectivity index (χ1) is 5.58. The summed E-state index contributed by atoms with van der Waals surface area (Å²) in [6.45, 7) is 0. The zero-order chi connectivity index (χ0) is 8.77. The monoisotopic (exact) mass is 187 g/mol. The van der Waals surface area contributed by atoms with Gasteiger partial charge in [0.05, 0.1) is 22.9 Å². The Kier molecular flexibility index (Phi) is 1.47. The number of aryl methyl sites for hydroxylation is 2. The van der Waals surface area contributed by atoms with E-state index in [0.29, 0.717) is 6.42 Å². The largest absolute Gasteiger partial charge is 0.251 e. The van der Waals surface area contributed by atoms with Gasteiger partial charge in [0.25, 0.3) is 0 Å². The van der Waals surface area contributed by atoms with Gasteiger partial charge in [-0.25, -0.2) is 8.42 Å². The van der Waals surface area contributed by atoms with Crippen molar-refractivity contribution in [2.45, 2.75) is 12.2 Å². The van der Waals surface area contributed by atoms with Crippen LogP contribution in [0.4, 0.5) is 0 Å². The fourth-order valence-corrected chi connectivity index (χ4v) is 2.74. The van der Waals surface area contributed by atoms with Crippen LogP contribution in [0, 0.1) is 0 Å². The Balaban J connectivity index is 2.52. The van der Waals surface area contributed by atoms with Gasteiger partial charge in [-0.15, -0.1) is 5.10 Å². The Labute approximate surface area is 70.3 Å². The number of rotatable bonds is 0. The molecule has 0 spiro atoms. The number of hydrogen-bond donors (Lipinski definition) is 0. The van der Waals surface area contributed by atoms with Crippen molar-refractivity contribution in [2.24, 2.45) is 7.05 Å². The van der Waals surface area contributed by atoms with Crippen molar-refractivity contribution in [3.8, 4) is 0 Å². The van der Waals surface area contributed by atoms with Crippen molar-refractivity contribution in [1.82, 2.24) is 15.0 Å². The maximum absolute atomic E-state index is 11.2. The minimum atomic E-state index is -2.89. The standard InChI is InChI=1S/C6H9N3O2S/c1-9-6-4-12(10,11)3-2-5(6)7-8-9/h2-4H2,1H3. The van der Waals surface area contributed by atoms with E-state index in [-0.39, 0.29) is 11.5 Å². The molecule has 0 fully saturated rings. The summed E-state index contributed by atoms with van der Waals surface area (Å²) in [7, 11) is -1.17. The second kappa shape index (κ2) is 2.29. The van der Waals surface area contributed by atoms with Crippen LogP contribution in [0.25, 0.3) is 0 Å². The minimum absolute atomic E-state index is 0.0891. The van der Waals surface area contributed by atoms with E-state index in [1.165, 1.54) is 4.68 Å². The number of sulfone groups is 1. The van der Waals surface area contributed by atoms with Crippen LogP contribution in [0.3, 0.4) is 0 Å². The summed E-state index contributed by atoms with van der Waals surface area (Å²) >= 11 is 0. The number of hydrogen-bond acceptors (Lipinski definition) is 4. The van der Waals surface area contributed by atoms with E-state index in [4.69, 9.17) is 0 Å². The molecule has 0 atom stereocenters. The highest BCUT2D eigenvalue weighted by molar-refractivity contribution is 7.90. The second-order valence-corrected chi connectivity index (χ2v) is 5.13. The van der Waals surface area contributed by atoms with Crippen LogP contribution in [-0.2, 0) is 29.1 Å². The molecule has 0 amide bonds. The van der Waals surface area contributed by atoms with Gasteiger partial charge >= 0.3 is 0 Å². The van der Waals surface area contributed by atoms with Gasteiger partial charge in [0.15, 0.2) is 9.84 Å². The highest BCUT2D eigenvalue weighted by Gasteiger charge is 2.25. The normalized spacial score (nSPS) is 20.4. The molecule has 1 aromatic rings. The molecule has 6 heteroatoms. The summed E-state index contributed by atoms with van der Waals surface area (Å²) in [6, 6.07) is 0. The summed E-state index contributed by atoms with van der Waals surface area (Å²) < 4.78 is 23.9. The molecule has 0 saturated heterocycles. The maximum atomic E-state index is 11.2. The molecule has 1 aliphatic rings. The smallest absolute Gasteiger partial charge is 0.156 e. The third kappa shape index (κ3) is 1.12.